The molecule has 2 rings (SSSR count). The lowest BCUT2D eigenvalue weighted by Gasteiger charge is -2.19. The number of hydrogen-bond donors (Lipinski definition) is 1. The molecule has 8 heteroatoms. The van der Waals surface area contributed by atoms with Gasteiger partial charge in [0.05, 0.1) is 28.1 Å². The molecule has 1 N–H and O–H groups in total. The van der Waals surface area contributed by atoms with Crippen molar-refractivity contribution in [3.8, 4) is 0 Å². The fraction of sp³-hybridized carbons (Fsp3) is 0.444. The van der Waals surface area contributed by atoms with Gasteiger partial charge in [0.2, 0.25) is 15.9 Å². The molecule has 6 nitrogen and oxygen atoms in total. The fourth-order valence-electron chi connectivity index (χ4n) is 2.67. The van der Waals surface area contributed by atoms with Gasteiger partial charge in [-0.3, -0.25) is 4.79 Å². The quantitative estimate of drug-likeness (QED) is 0.745. The Morgan fingerprint density at radius 1 is 1.23 bits per heavy atom. The van der Waals surface area contributed by atoms with E-state index >= 15 is 0 Å². The Labute approximate surface area is 159 Å². The zero-order valence-electron chi connectivity index (χ0n) is 15.5. The number of rotatable bonds is 8. The Bertz CT molecular complexity index is 841. The van der Waals surface area contributed by atoms with Gasteiger partial charge < -0.3 is 5.32 Å². The summed E-state index contributed by atoms with van der Waals surface area (Å²) >= 11 is 1.52. The zero-order valence-corrected chi connectivity index (χ0v) is 17.2. The van der Waals surface area contributed by atoms with Crippen molar-refractivity contribution in [2.75, 3.05) is 13.1 Å². The molecular formula is C18H25N3O3S2. The summed E-state index contributed by atoms with van der Waals surface area (Å²) in [5.41, 5.74) is 1.61. The van der Waals surface area contributed by atoms with E-state index in [0.717, 1.165) is 16.3 Å². The molecular weight excluding hydrogens is 370 g/mol. The molecule has 26 heavy (non-hydrogen) atoms. The van der Waals surface area contributed by atoms with Gasteiger partial charge in [-0.25, -0.2) is 13.4 Å². The van der Waals surface area contributed by atoms with E-state index in [0.29, 0.717) is 13.1 Å². The highest BCUT2D eigenvalue weighted by atomic mass is 32.2. The van der Waals surface area contributed by atoms with Crippen LogP contribution in [0.15, 0.2) is 34.5 Å². The number of thiazole rings is 1. The number of nitrogens with one attached hydrogen (secondary N) is 1. The molecule has 1 atom stereocenters. The first-order valence-electron chi connectivity index (χ1n) is 8.58. The first kappa shape index (κ1) is 20.5. The maximum Gasteiger partial charge on any atom is 0.243 e. The number of carbonyl (C=O) groups excluding carboxylic acids is 1. The molecule has 0 radical (unpaired) electrons. The third kappa shape index (κ3) is 4.90. The Balaban J connectivity index is 2.04. The normalized spacial score (nSPS) is 13.0. The standard InChI is InChI=1S/C18H25N3O3S2/c1-5-21(6-2)26(23,24)17-9-7-15(8-10-17)13(3)19-18(22)11-16-12-25-14(4)20-16/h7-10,12-13H,5-6,11H2,1-4H3,(H,19,22)/t13-/m0/s1. The van der Waals surface area contributed by atoms with Gasteiger partial charge in [0.15, 0.2) is 0 Å². The van der Waals surface area contributed by atoms with Crippen molar-refractivity contribution in [3.05, 3.63) is 45.9 Å². The summed E-state index contributed by atoms with van der Waals surface area (Å²) in [7, 11) is -3.47. The largest absolute Gasteiger partial charge is 0.349 e. The predicted molar refractivity (Wildman–Crippen MR) is 104 cm³/mol. The minimum Gasteiger partial charge on any atom is -0.349 e. The first-order valence-corrected chi connectivity index (χ1v) is 10.9. The number of sulfonamides is 1. The molecule has 0 aliphatic carbocycles. The lowest BCUT2D eigenvalue weighted by Crippen LogP contribution is -2.30. The monoisotopic (exact) mass is 395 g/mol. The van der Waals surface area contributed by atoms with E-state index in [4.69, 9.17) is 0 Å². The van der Waals surface area contributed by atoms with Crippen molar-refractivity contribution < 1.29 is 13.2 Å². The van der Waals surface area contributed by atoms with Crippen LogP contribution in [0.2, 0.25) is 0 Å². The zero-order chi connectivity index (χ0) is 19.3. The van der Waals surface area contributed by atoms with Crippen molar-refractivity contribution in [2.24, 2.45) is 0 Å². The Hall–Kier alpha value is -1.77. The number of amides is 1. The van der Waals surface area contributed by atoms with Crippen molar-refractivity contribution in [1.82, 2.24) is 14.6 Å². The van der Waals surface area contributed by atoms with E-state index in [1.54, 1.807) is 24.3 Å². The second kappa shape index (κ2) is 8.75. The molecule has 1 heterocycles. The lowest BCUT2D eigenvalue weighted by molar-refractivity contribution is -0.121. The predicted octanol–water partition coefficient (Wildman–Crippen LogP) is 2.90. The highest BCUT2D eigenvalue weighted by Crippen LogP contribution is 2.19. The van der Waals surface area contributed by atoms with Gasteiger partial charge in [-0.1, -0.05) is 26.0 Å². The Kier molecular flexibility index (Phi) is 6.91. The van der Waals surface area contributed by atoms with Gasteiger partial charge in [-0.05, 0) is 31.5 Å². The minimum absolute atomic E-state index is 0.109. The average molecular weight is 396 g/mol. The van der Waals surface area contributed by atoms with Crippen LogP contribution in [0, 0.1) is 6.92 Å². The summed E-state index contributed by atoms with van der Waals surface area (Å²) in [5.74, 6) is -0.109. The van der Waals surface area contributed by atoms with E-state index in [-0.39, 0.29) is 23.3 Å². The van der Waals surface area contributed by atoms with Crippen molar-refractivity contribution >= 4 is 27.3 Å². The van der Waals surface area contributed by atoms with Gasteiger partial charge in [0.25, 0.3) is 0 Å². The second-order valence-corrected chi connectivity index (χ2v) is 8.98. The number of nitrogens with zero attached hydrogens (tertiary/aromatic N) is 2. The van der Waals surface area contributed by atoms with Crippen LogP contribution >= 0.6 is 11.3 Å². The molecule has 142 valence electrons. The van der Waals surface area contributed by atoms with Crippen LogP contribution in [0.4, 0.5) is 0 Å². The topological polar surface area (TPSA) is 79.4 Å². The lowest BCUT2D eigenvalue weighted by atomic mass is 10.1. The number of aromatic nitrogens is 1. The summed E-state index contributed by atoms with van der Waals surface area (Å²) in [6, 6.07) is 6.46. The van der Waals surface area contributed by atoms with E-state index in [9.17, 15) is 13.2 Å². The van der Waals surface area contributed by atoms with Crippen LogP contribution in [-0.4, -0.2) is 36.7 Å². The Morgan fingerprint density at radius 2 is 1.85 bits per heavy atom. The van der Waals surface area contributed by atoms with Gasteiger partial charge in [-0.15, -0.1) is 11.3 Å². The minimum atomic E-state index is -3.47. The van der Waals surface area contributed by atoms with E-state index in [1.807, 2.05) is 33.1 Å². The summed E-state index contributed by atoms with van der Waals surface area (Å²) in [6.45, 7) is 8.28. The van der Waals surface area contributed by atoms with Gasteiger partial charge >= 0.3 is 0 Å². The molecule has 0 saturated carbocycles. The van der Waals surface area contributed by atoms with Crippen LogP contribution in [0.5, 0.6) is 0 Å². The average Bonchev–Trinajstić information content (AvgIpc) is 3.00. The number of aryl methyl sites for hydroxylation is 1. The molecule has 1 aromatic carbocycles. The van der Waals surface area contributed by atoms with Gasteiger partial charge in [0.1, 0.15) is 0 Å². The summed E-state index contributed by atoms with van der Waals surface area (Å²) in [5, 5.41) is 5.74. The smallest absolute Gasteiger partial charge is 0.243 e. The Morgan fingerprint density at radius 3 is 2.35 bits per heavy atom. The SMILES string of the molecule is CCN(CC)S(=O)(=O)c1ccc([C@H](C)NC(=O)Cc2csc(C)n2)cc1. The van der Waals surface area contributed by atoms with Crippen LogP contribution in [0.1, 0.15) is 43.1 Å². The van der Waals surface area contributed by atoms with Crippen LogP contribution < -0.4 is 5.32 Å². The summed E-state index contributed by atoms with van der Waals surface area (Å²) in [6.07, 6.45) is 0.239. The fourth-order valence-corrected chi connectivity index (χ4v) is 4.74. The van der Waals surface area contributed by atoms with E-state index < -0.39 is 10.0 Å². The molecule has 0 unspecified atom stereocenters. The highest BCUT2D eigenvalue weighted by molar-refractivity contribution is 7.89. The van der Waals surface area contributed by atoms with Gasteiger partial charge in [0, 0.05) is 18.5 Å². The number of carbonyl (C=O) groups is 1. The number of hydrogen-bond acceptors (Lipinski definition) is 5. The van der Waals surface area contributed by atoms with E-state index in [2.05, 4.69) is 10.3 Å². The van der Waals surface area contributed by atoms with Crippen LogP contribution in [0.3, 0.4) is 0 Å². The third-order valence-corrected chi connectivity index (χ3v) is 7.00. The van der Waals surface area contributed by atoms with Crippen LogP contribution in [-0.2, 0) is 21.2 Å². The molecule has 0 saturated heterocycles. The van der Waals surface area contributed by atoms with E-state index in [1.165, 1.54) is 15.6 Å². The van der Waals surface area contributed by atoms with Crippen LogP contribution in [0.25, 0.3) is 0 Å². The second-order valence-electron chi connectivity index (χ2n) is 5.98. The van der Waals surface area contributed by atoms with Crippen molar-refractivity contribution in [3.63, 3.8) is 0 Å². The summed E-state index contributed by atoms with van der Waals surface area (Å²) < 4.78 is 26.4. The van der Waals surface area contributed by atoms with Crippen molar-refractivity contribution in [1.29, 1.82) is 0 Å². The maximum absolute atomic E-state index is 12.5. The number of benzene rings is 1. The first-order chi connectivity index (χ1) is 12.3. The highest BCUT2D eigenvalue weighted by Gasteiger charge is 2.21. The molecule has 1 aromatic heterocycles. The molecule has 0 fully saturated rings. The molecule has 0 bridgehead atoms. The molecule has 0 spiro atoms. The van der Waals surface area contributed by atoms with Gasteiger partial charge in [-0.2, -0.15) is 4.31 Å². The molecule has 2 aromatic rings. The molecule has 1 amide bonds. The molecule has 0 aliphatic heterocycles. The third-order valence-electron chi connectivity index (χ3n) is 4.11. The van der Waals surface area contributed by atoms with Crippen molar-refractivity contribution in [2.45, 2.75) is 45.1 Å². The maximum atomic E-state index is 12.5. The summed E-state index contributed by atoms with van der Waals surface area (Å²) in [4.78, 5) is 16.7. The molecule has 0 aliphatic rings.